The molecule has 0 atom stereocenters. The second kappa shape index (κ2) is 4.91. The summed E-state index contributed by atoms with van der Waals surface area (Å²) in [5.74, 6) is -0.114. The van der Waals surface area contributed by atoms with Crippen LogP contribution in [-0.2, 0) is 10.2 Å². The summed E-state index contributed by atoms with van der Waals surface area (Å²) in [4.78, 5) is 14.5. The van der Waals surface area contributed by atoms with Crippen molar-refractivity contribution in [1.82, 2.24) is 24.2 Å². The monoisotopic (exact) mass is 304 g/mol. The quantitative estimate of drug-likeness (QED) is 0.820. The van der Waals surface area contributed by atoms with E-state index >= 15 is 0 Å². The summed E-state index contributed by atoms with van der Waals surface area (Å²) in [5.41, 5.74) is 0.756. The van der Waals surface area contributed by atoms with Crippen LogP contribution >= 0.6 is 11.6 Å². The van der Waals surface area contributed by atoms with Gasteiger partial charge in [-0.15, -0.1) is 0 Å². The highest BCUT2D eigenvalue weighted by atomic mass is 35.5. The van der Waals surface area contributed by atoms with Crippen molar-refractivity contribution in [3.05, 3.63) is 11.5 Å². The lowest BCUT2D eigenvalue weighted by Crippen LogP contribution is -2.37. The average Bonchev–Trinajstić information content (AvgIpc) is 2.75. The van der Waals surface area contributed by atoms with Gasteiger partial charge in [-0.25, -0.2) is 9.71 Å². The summed E-state index contributed by atoms with van der Waals surface area (Å²) in [5, 5.41) is 0.104. The van der Waals surface area contributed by atoms with Gasteiger partial charge >= 0.3 is 10.2 Å². The molecule has 0 fully saturated rings. The number of aromatic nitrogens is 4. The number of anilines is 1. The van der Waals surface area contributed by atoms with E-state index in [1.165, 1.54) is 17.7 Å². The number of rotatable bonds is 4. The minimum Gasteiger partial charge on any atom is -0.341 e. The van der Waals surface area contributed by atoms with E-state index in [1.54, 1.807) is 13.8 Å². The molecular formula is C9H13ClN6O2S. The maximum absolute atomic E-state index is 12.0. The van der Waals surface area contributed by atoms with Crippen molar-refractivity contribution in [2.24, 2.45) is 0 Å². The second-order valence-electron chi connectivity index (χ2n) is 4.16. The van der Waals surface area contributed by atoms with Crippen molar-refractivity contribution in [2.45, 2.75) is 19.9 Å². The lowest BCUT2D eigenvalue weighted by Gasteiger charge is -2.20. The van der Waals surface area contributed by atoms with Crippen molar-refractivity contribution in [3.63, 3.8) is 0 Å². The first-order valence-electron chi connectivity index (χ1n) is 5.43. The van der Waals surface area contributed by atoms with Crippen LogP contribution in [0.3, 0.4) is 0 Å². The minimum absolute atomic E-state index is 0.104. The minimum atomic E-state index is -3.72. The SMILES string of the molecule is CC(C)N(C)S(=O)(=O)Nc1nc(Cl)c2[nH]cnc2n1. The van der Waals surface area contributed by atoms with E-state index < -0.39 is 10.2 Å². The topological polar surface area (TPSA) is 104 Å². The summed E-state index contributed by atoms with van der Waals surface area (Å²) in [6.07, 6.45) is 1.41. The number of aromatic amines is 1. The van der Waals surface area contributed by atoms with Gasteiger partial charge in [0.2, 0.25) is 5.95 Å². The highest BCUT2D eigenvalue weighted by Crippen LogP contribution is 2.19. The highest BCUT2D eigenvalue weighted by Gasteiger charge is 2.22. The number of fused-ring (bicyclic) bond motifs is 1. The van der Waals surface area contributed by atoms with Crippen LogP contribution in [-0.4, -0.2) is 45.7 Å². The molecule has 8 nitrogen and oxygen atoms in total. The summed E-state index contributed by atoms with van der Waals surface area (Å²) in [6, 6.07) is -0.193. The molecule has 0 amide bonds. The first-order chi connectivity index (χ1) is 8.81. The molecule has 0 radical (unpaired) electrons. The zero-order valence-corrected chi connectivity index (χ0v) is 12.1. The number of H-pyrrole nitrogens is 1. The smallest absolute Gasteiger partial charge is 0.303 e. The normalized spacial score (nSPS) is 12.5. The molecule has 0 saturated carbocycles. The molecule has 19 heavy (non-hydrogen) atoms. The van der Waals surface area contributed by atoms with Gasteiger partial charge in [-0.3, -0.25) is 0 Å². The molecule has 10 heteroatoms. The molecular weight excluding hydrogens is 292 g/mol. The van der Waals surface area contributed by atoms with Crippen molar-refractivity contribution in [3.8, 4) is 0 Å². The molecule has 0 bridgehead atoms. The average molecular weight is 305 g/mol. The van der Waals surface area contributed by atoms with Crippen molar-refractivity contribution in [2.75, 3.05) is 11.8 Å². The number of hydrogen-bond donors (Lipinski definition) is 2. The van der Waals surface area contributed by atoms with E-state index in [0.717, 1.165) is 0 Å². The molecule has 0 spiro atoms. The van der Waals surface area contributed by atoms with Crippen molar-refractivity contribution < 1.29 is 8.42 Å². The zero-order valence-electron chi connectivity index (χ0n) is 10.5. The standard InChI is InChI=1S/C9H13ClN6O2S/c1-5(2)16(3)19(17,18)15-9-13-7(10)6-8(14-9)12-4-11-6/h4-5H,1-3H3,(H2,11,12,13,14,15). The summed E-state index contributed by atoms with van der Waals surface area (Å²) >= 11 is 5.90. The van der Waals surface area contributed by atoms with Gasteiger partial charge < -0.3 is 4.98 Å². The Morgan fingerprint density at radius 2 is 2.11 bits per heavy atom. The third-order valence-corrected chi connectivity index (χ3v) is 4.46. The molecule has 0 aromatic carbocycles. The molecule has 0 aliphatic carbocycles. The molecule has 104 valence electrons. The maximum Gasteiger partial charge on any atom is 0.303 e. The van der Waals surface area contributed by atoms with Gasteiger partial charge in [0.25, 0.3) is 0 Å². The Hall–Kier alpha value is -1.45. The number of hydrogen-bond acceptors (Lipinski definition) is 5. The van der Waals surface area contributed by atoms with E-state index in [2.05, 4.69) is 24.7 Å². The number of imidazole rings is 1. The van der Waals surface area contributed by atoms with Gasteiger partial charge in [0.05, 0.1) is 6.33 Å². The Kier molecular flexibility index (Phi) is 3.61. The van der Waals surface area contributed by atoms with Crippen molar-refractivity contribution >= 4 is 38.9 Å². The largest absolute Gasteiger partial charge is 0.341 e. The third-order valence-electron chi connectivity index (χ3n) is 2.57. The molecule has 2 rings (SSSR count). The van der Waals surface area contributed by atoms with Crippen LogP contribution in [0.4, 0.5) is 5.95 Å². The van der Waals surface area contributed by atoms with Gasteiger partial charge in [0, 0.05) is 13.1 Å². The summed E-state index contributed by atoms with van der Waals surface area (Å²) < 4.78 is 27.4. The highest BCUT2D eigenvalue weighted by molar-refractivity contribution is 7.90. The maximum atomic E-state index is 12.0. The molecule has 0 unspecified atom stereocenters. The Morgan fingerprint density at radius 3 is 2.74 bits per heavy atom. The summed E-state index contributed by atoms with van der Waals surface area (Å²) in [6.45, 7) is 3.51. The van der Waals surface area contributed by atoms with Gasteiger partial charge in [-0.2, -0.15) is 22.7 Å². The molecule has 2 aromatic heterocycles. The van der Waals surface area contributed by atoms with Crippen LogP contribution in [0.15, 0.2) is 6.33 Å². The lowest BCUT2D eigenvalue weighted by molar-refractivity contribution is 0.414. The van der Waals surface area contributed by atoms with Gasteiger partial charge in [-0.05, 0) is 13.8 Å². The molecule has 2 N–H and O–H groups in total. The van der Waals surface area contributed by atoms with Crippen LogP contribution in [0, 0.1) is 0 Å². The fourth-order valence-electron chi connectivity index (χ4n) is 1.31. The Morgan fingerprint density at radius 1 is 1.42 bits per heavy atom. The zero-order chi connectivity index (χ0) is 14.2. The van der Waals surface area contributed by atoms with Gasteiger partial charge in [0.1, 0.15) is 5.52 Å². The molecule has 2 aromatic rings. The van der Waals surface area contributed by atoms with E-state index in [1.807, 2.05) is 0 Å². The van der Waals surface area contributed by atoms with Crippen LogP contribution in [0.5, 0.6) is 0 Å². The Labute approximate surface area is 115 Å². The second-order valence-corrected chi connectivity index (χ2v) is 6.24. The van der Waals surface area contributed by atoms with Crippen LogP contribution in [0.25, 0.3) is 11.2 Å². The predicted molar refractivity (Wildman–Crippen MR) is 72.1 cm³/mol. The lowest BCUT2D eigenvalue weighted by atomic mass is 10.4. The van der Waals surface area contributed by atoms with E-state index in [9.17, 15) is 8.42 Å². The number of halogens is 1. The molecule has 0 aliphatic heterocycles. The van der Waals surface area contributed by atoms with Crippen LogP contribution < -0.4 is 4.72 Å². The number of nitrogens with one attached hydrogen (secondary N) is 2. The third kappa shape index (κ3) is 2.77. The Balaban J connectivity index is 2.36. The van der Waals surface area contributed by atoms with Crippen LogP contribution in [0.2, 0.25) is 5.15 Å². The summed E-state index contributed by atoms with van der Waals surface area (Å²) in [7, 11) is -2.26. The first kappa shape index (κ1) is 14.0. The fourth-order valence-corrected chi connectivity index (χ4v) is 2.55. The van der Waals surface area contributed by atoms with Gasteiger partial charge in [-0.1, -0.05) is 11.6 Å². The van der Waals surface area contributed by atoms with Gasteiger partial charge in [0.15, 0.2) is 10.8 Å². The van der Waals surface area contributed by atoms with E-state index in [-0.39, 0.29) is 17.1 Å². The number of nitrogens with zero attached hydrogens (tertiary/aromatic N) is 4. The van der Waals surface area contributed by atoms with E-state index in [0.29, 0.717) is 11.2 Å². The van der Waals surface area contributed by atoms with Crippen LogP contribution in [0.1, 0.15) is 13.8 Å². The fraction of sp³-hybridized carbons (Fsp3) is 0.444. The Bertz CT molecular complexity index is 698. The molecule has 0 saturated heterocycles. The van der Waals surface area contributed by atoms with E-state index in [4.69, 9.17) is 11.6 Å². The molecule has 2 heterocycles. The molecule has 0 aliphatic rings. The predicted octanol–water partition coefficient (Wildman–Crippen LogP) is 1.00. The van der Waals surface area contributed by atoms with Crippen molar-refractivity contribution in [1.29, 1.82) is 0 Å². The first-order valence-corrected chi connectivity index (χ1v) is 7.25.